The maximum absolute atomic E-state index is 12.5. The predicted octanol–water partition coefficient (Wildman–Crippen LogP) is 2.26. The van der Waals surface area contributed by atoms with Crippen LogP contribution in [-0.2, 0) is 16.6 Å². The van der Waals surface area contributed by atoms with Gasteiger partial charge in [-0.1, -0.05) is 0 Å². The standard InChI is InChI=1S/C15H22N4O2S/c1-9-7-13(12(4)19(9)14-5-6-14)8-16-22(20,21)15-10(2)17-18-11(15)3/h7,14,16H,5-6,8H2,1-4H3,(H,17,18). The third kappa shape index (κ3) is 2.59. The number of sulfonamides is 1. The van der Waals surface area contributed by atoms with Gasteiger partial charge >= 0.3 is 0 Å². The van der Waals surface area contributed by atoms with Crippen molar-refractivity contribution in [3.63, 3.8) is 0 Å². The van der Waals surface area contributed by atoms with E-state index in [1.54, 1.807) is 13.8 Å². The summed E-state index contributed by atoms with van der Waals surface area (Å²) >= 11 is 0. The second-order valence-electron chi connectivity index (χ2n) is 6.09. The maximum atomic E-state index is 12.5. The molecule has 0 atom stereocenters. The van der Waals surface area contributed by atoms with Crippen molar-refractivity contribution in [2.45, 2.75) is 58.0 Å². The Bertz CT molecular complexity index is 793. The van der Waals surface area contributed by atoms with Gasteiger partial charge in [0.05, 0.1) is 11.4 Å². The fourth-order valence-electron chi connectivity index (χ4n) is 3.10. The lowest BCUT2D eigenvalue weighted by Crippen LogP contribution is -2.24. The van der Waals surface area contributed by atoms with Gasteiger partial charge < -0.3 is 4.57 Å². The number of aromatic amines is 1. The lowest BCUT2D eigenvalue weighted by Gasteiger charge is -2.09. The molecule has 2 heterocycles. The van der Waals surface area contributed by atoms with Gasteiger partial charge in [0.15, 0.2) is 0 Å². The Labute approximate surface area is 131 Å². The third-order valence-electron chi connectivity index (χ3n) is 4.28. The van der Waals surface area contributed by atoms with Crippen LogP contribution in [0.2, 0.25) is 0 Å². The molecule has 0 bridgehead atoms. The molecule has 1 fully saturated rings. The average molecular weight is 322 g/mol. The van der Waals surface area contributed by atoms with Crippen molar-refractivity contribution in [3.05, 3.63) is 34.4 Å². The van der Waals surface area contributed by atoms with Crippen LogP contribution in [-0.4, -0.2) is 23.2 Å². The molecule has 2 aromatic rings. The Morgan fingerprint density at radius 2 is 2.00 bits per heavy atom. The first-order valence-corrected chi connectivity index (χ1v) is 8.98. The molecule has 2 aromatic heterocycles. The molecule has 22 heavy (non-hydrogen) atoms. The number of rotatable bonds is 5. The van der Waals surface area contributed by atoms with E-state index in [0.29, 0.717) is 24.0 Å². The highest BCUT2D eigenvalue weighted by Crippen LogP contribution is 2.38. The number of hydrogen-bond acceptors (Lipinski definition) is 3. The normalized spacial score (nSPS) is 15.5. The number of aromatic nitrogens is 3. The van der Waals surface area contributed by atoms with Gasteiger partial charge in [0.25, 0.3) is 0 Å². The fraction of sp³-hybridized carbons (Fsp3) is 0.533. The minimum atomic E-state index is -3.55. The molecule has 7 heteroatoms. The molecule has 1 aliphatic carbocycles. The van der Waals surface area contributed by atoms with Crippen molar-refractivity contribution in [1.29, 1.82) is 0 Å². The number of nitrogens with one attached hydrogen (secondary N) is 2. The van der Waals surface area contributed by atoms with Crippen molar-refractivity contribution in [2.75, 3.05) is 0 Å². The van der Waals surface area contributed by atoms with Crippen molar-refractivity contribution in [1.82, 2.24) is 19.5 Å². The van der Waals surface area contributed by atoms with E-state index in [0.717, 1.165) is 11.3 Å². The summed E-state index contributed by atoms with van der Waals surface area (Å²) in [5.41, 5.74) is 4.45. The molecule has 0 aromatic carbocycles. The summed E-state index contributed by atoms with van der Waals surface area (Å²) in [5.74, 6) is 0. The minimum Gasteiger partial charge on any atom is -0.346 e. The van der Waals surface area contributed by atoms with E-state index in [-0.39, 0.29) is 4.90 Å². The number of nitrogens with zero attached hydrogens (tertiary/aromatic N) is 2. The monoisotopic (exact) mass is 322 g/mol. The third-order valence-corrected chi connectivity index (χ3v) is 5.95. The Balaban J connectivity index is 1.82. The molecule has 0 radical (unpaired) electrons. The molecule has 2 N–H and O–H groups in total. The largest absolute Gasteiger partial charge is 0.346 e. The first-order chi connectivity index (χ1) is 10.3. The zero-order valence-corrected chi connectivity index (χ0v) is 14.2. The van der Waals surface area contributed by atoms with Gasteiger partial charge in [-0.15, -0.1) is 0 Å². The smallest absolute Gasteiger partial charge is 0.244 e. The average Bonchev–Trinajstić information content (AvgIpc) is 3.13. The minimum absolute atomic E-state index is 0.253. The SMILES string of the molecule is Cc1n[nH]c(C)c1S(=O)(=O)NCc1cc(C)n(C2CC2)c1C. The zero-order chi connectivity index (χ0) is 16.1. The van der Waals surface area contributed by atoms with Crippen LogP contribution < -0.4 is 4.72 Å². The molecule has 0 saturated heterocycles. The van der Waals surface area contributed by atoms with Crippen molar-refractivity contribution in [3.8, 4) is 0 Å². The summed E-state index contributed by atoms with van der Waals surface area (Å²) in [6.07, 6.45) is 2.43. The van der Waals surface area contributed by atoms with Crippen LogP contribution in [0, 0.1) is 27.7 Å². The van der Waals surface area contributed by atoms with Gasteiger partial charge in [-0.2, -0.15) is 5.10 Å². The van der Waals surface area contributed by atoms with E-state index < -0.39 is 10.0 Å². The molecule has 0 aliphatic heterocycles. The first kappa shape index (κ1) is 15.3. The van der Waals surface area contributed by atoms with Gasteiger partial charge in [0, 0.05) is 24.0 Å². The summed E-state index contributed by atoms with van der Waals surface area (Å²) in [6, 6.07) is 2.68. The second-order valence-corrected chi connectivity index (χ2v) is 7.79. The summed E-state index contributed by atoms with van der Waals surface area (Å²) < 4.78 is 30.0. The maximum Gasteiger partial charge on any atom is 0.244 e. The Hall–Kier alpha value is -1.60. The van der Waals surface area contributed by atoms with E-state index >= 15 is 0 Å². The molecule has 1 saturated carbocycles. The molecule has 3 rings (SSSR count). The van der Waals surface area contributed by atoms with Crippen LogP contribution in [0.3, 0.4) is 0 Å². The molecular formula is C15H22N4O2S. The number of aryl methyl sites for hydroxylation is 3. The lowest BCUT2D eigenvalue weighted by atomic mass is 10.2. The zero-order valence-electron chi connectivity index (χ0n) is 13.4. The van der Waals surface area contributed by atoms with E-state index in [9.17, 15) is 8.42 Å². The number of H-pyrrole nitrogens is 1. The molecule has 0 unspecified atom stereocenters. The number of hydrogen-bond donors (Lipinski definition) is 2. The summed E-state index contributed by atoms with van der Waals surface area (Å²) in [6.45, 7) is 7.85. The van der Waals surface area contributed by atoms with Crippen molar-refractivity contribution >= 4 is 10.0 Å². The van der Waals surface area contributed by atoms with E-state index in [1.165, 1.54) is 18.5 Å². The molecule has 0 amide bonds. The first-order valence-electron chi connectivity index (χ1n) is 7.50. The van der Waals surface area contributed by atoms with Crippen LogP contribution in [0.4, 0.5) is 0 Å². The topological polar surface area (TPSA) is 79.8 Å². The van der Waals surface area contributed by atoms with Gasteiger partial charge in [-0.05, 0) is 52.2 Å². The van der Waals surface area contributed by atoms with Gasteiger partial charge in [-0.25, -0.2) is 13.1 Å². The fourth-order valence-corrected chi connectivity index (χ4v) is 4.47. The van der Waals surface area contributed by atoms with Crippen LogP contribution in [0.15, 0.2) is 11.0 Å². The molecule has 120 valence electrons. The highest BCUT2D eigenvalue weighted by molar-refractivity contribution is 7.89. The molecular weight excluding hydrogens is 300 g/mol. The van der Waals surface area contributed by atoms with Crippen molar-refractivity contribution in [2.24, 2.45) is 0 Å². The van der Waals surface area contributed by atoms with Gasteiger partial charge in [0.1, 0.15) is 4.90 Å². The van der Waals surface area contributed by atoms with Gasteiger partial charge in [-0.3, -0.25) is 5.10 Å². The Kier molecular flexibility index (Phi) is 3.65. The summed E-state index contributed by atoms with van der Waals surface area (Å²) in [5, 5.41) is 6.67. The molecule has 1 aliphatic rings. The van der Waals surface area contributed by atoms with Crippen molar-refractivity contribution < 1.29 is 8.42 Å². The quantitative estimate of drug-likeness (QED) is 0.886. The highest BCUT2D eigenvalue weighted by atomic mass is 32.2. The van der Waals surface area contributed by atoms with Crippen LogP contribution >= 0.6 is 0 Å². The van der Waals surface area contributed by atoms with Crippen LogP contribution in [0.1, 0.15) is 47.2 Å². The van der Waals surface area contributed by atoms with Gasteiger partial charge in [0.2, 0.25) is 10.0 Å². The predicted molar refractivity (Wildman–Crippen MR) is 84.3 cm³/mol. The van der Waals surface area contributed by atoms with E-state index in [4.69, 9.17) is 0 Å². The van der Waals surface area contributed by atoms with E-state index in [1.807, 2.05) is 0 Å². The Morgan fingerprint density at radius 1 is 1.32 bits per heavy atom. The lowest BCUT2D eigenvalue weighted by molar-refractivity contribution is 0.579. The van der Waals surface area contributed by atoms with Crippen LogP contribution in [0.5, 0.6) is 0 Å². The summed E-state index contributed by atoms with van der Waals surface area (Å²) in [4.78, 5) is 0.253. The molecule has 0 spiro atoms. The van der Waals surface area contributed by atoms with Crippen LogP contribution in [0.25, 0.3) is 0 Å². The molecule has 6 nitrogen and oxygen atoms in total. The second kappa shape index (κ2) is 5.24. The summed E-state index contributed by atoms with van der Waals surface area (Å²) in [7, 11) is -3.55. The van der Waals surface area contributed by atoms with E-state index in [2.05, 4.69) is 39.4 Å². The Morgan fingerprint density at radius 3 is 2.55 bits per heavy atom. The highest BCUT2D eigenvalue weighted by Gasteiger charge is 2.27.